The first kappa shape index (κ1) is 21.8. The Kier molecular flexibility index (Phi) is 6.15. The predicted octanol–water partition coefficient (Wildman–Crippen LogP) is 4.72. The molecule has 164 valence electrons. The summed E-state index contributed by atoms with van der Waals surface area (Å²) in [7, 11) is 0. The third-order valence-corrected chi connectivity index (χ3v) is 6.23. The molecule has 0 atom stereocenters. The summed E-state index contributed by atoms with van der Waals surface area (Å²) in [5.74, 6) is -0.287. The fourth-order valence-corrected chi connectivity index (χ4v) is 4.26. The number of amides is 1. The van der Waals surface area contributed by atoms with Gasteiger partial charge in [0.15, 0.2) is 0 Å². The van der Waals surface area contributed by atoms with Crippen molar-refractivity contribution < 1.29 is 4.79 Å². The van der Waals surface area contributed by atoms with Gasteiger partial charge in [0, 0.05) is 34.0 Å². The highest BCUT2D eigenvalue weighted by Gasteiger charge is 2.18. The van der Waals surface area contributed by atoms with E-state index in [0.717, 1.165) is 40.0 Å². The highest BCUT2D eigenvalue weighted by atomic mass is 35.5. The van der Waals surface area contributed by atoms with E-state index in [4.69, 9.17) is 11.6 Å². The van der Waals surface area contributed by atoms with E-state index in [1.54, 1.807) is 6.20 Å². The van der Waals surface area contributed by atoms with Crippen LogP contribution in [0.2, 0.25) is 5.02 Å². The van der Waals surface area contributed by atoms with Crippen molar-refractivity contribution in [3.63, 3.8) is 0 Å². The molecule has 0 spiro atoms. The van der Waals surface area contributed by atoms with Crippen LogP contribution >= 0.6 is 11.6 Å². The van der Waals surface area contributed by atoms with Crippen LogP contribution in [0.5, 0.6) is 0 Å². The third kappa shape index (κ3) is 4.06. The molecule has 2 aromatic heterocycles. The molecule has 0 saturated carbocycles. The van der Waals surface area contributed by atoms with Crippen LogP contribution in [0.4, 0.5) is 5.69 Å². The molecule has 1 N–H and O–H groups in total. The molecule has 0 aliphatic carbocycles. The Bertz CT molecular complexity index is 1370. The molecule has 0 unspecified atom stereocenters. The third-order valence-electron chi connectivity index (χ3n) is 5.86. The summed E-state index contributed by atoms with van der Waals surface area (Å²) >= 11 is 6.34. The second kappa shape index (κ2) is 9.01. The van der Waals surface area contributed by atoms with Crippen molar-refractivity contribution in [2.24, 2.45) is 0 Å². The first-order valence-corrected chi connectivity index (χ1v) is 10.9. The Hall–Kier alpha value is -3.38. The van der Waals surface area contributed by atoms with Gasteiger partial charge < -0.3 is 9.88 Å². The average molecular weight is 449 g/mol. The topological polar surface area (TPSA) is 68.9 Å². The first-order chi connectivity index (χ1) is 15.4. The van der Waals surface area contributed by atoms with Crippen molar-refractivity contribution in [2.75, 3.05) is 5.32 Å². The van der Waals surface area contributed by atoms with Crippen molar-refractivity contribution in [3.05, 3.63) is 92.6 Å². The number of aromatic nitrogens is 3. The lowest BCUT2D eigenvalue weighted by Crippen LogP contribution is -2.29. The van der Waals surface area contributed by atoms with Crippen LogP contribution in [-0.4, -0.2) is 20.3 Å². The van der Waals surface area contributed by atoms with Gasteiger partial charge in [-0.15, -0.1) is 0 Å². The molecule has 6 nitrogen and oxygen atoms in total. The van der Waals surface area contributed by atoms with Gasteiger partial charge in [-0.05, 0) is 43.5 Å². The number of nitrogens with zero attached hydrogens (tertiary/aromatic N) is 3. The maximum Gasteiger partial charge on any atom is 0.276 e. The van der Waals surface area contributed by atoms with Gasteiger partial charge in [-0.25, -0.2) is 4.68 Å². The number of carbonyl (C=O) groups excluding carboxylic acids is 1. The van der Waals surface area contributed by atoms with Gasteiger partial charge in [-0.3, -0.25) is 9.59 Å². The van der Waals surface area contributed by atoms with Crippen molar-refractivity contribution in [1.29, 1.82) is 0 Å². The second-order valence-corrected chi connectivity index (χ2v) is 8.21. The number of halogens is 1. The largest absolute Gasteiger partial charge is 0.343 e. The van der Waals surface area contributed by atoms with Crippen LogP contribution < -0.4 is 10.9 Å². The van der Waals surface area contributed by atoms with Gasteiger partial charge in [0.05, 0.1) is 11.6 Å². The first-order valence-electron chi connectivity index (χ1n) is 10.6. The summed E-state index contributed by atoms with van der Waals surface area (Å²) in [6.07, 6.45) is 2.47. The number of hydrogen-bond acceptors (Lipinski definition) is 3. The Morgan fingerprint density at radius 2 is 1.72 bits per heavy atom. The van der Waals surface area contributed by atoms with Crippen molar-refractivity contribution in [1.82, 2.24) is 14.3 Å². The molecule has 0 bridgehead atoms. The van der Waals surface area contributed by atoms with E-state index in [1.807, 2.05) is 69.3 Å². The van der Waals surface area contributed by atoms with Crippen molar-refractivity contribution in [3.8, 4) is 0 Å². The van der Waals surface area contributed by atoms with E-state index in [2.05, 4.69) is 15.0 Å². The van der Waals surface area contributed by atoms with E-state index < -0.39 is 0 Å². The normalized spacial score (nSPS) is 11.1. The van der Waals surface area contributed by atoms with Crippen LogP contribution in [0.15, 0.2) is 59.5 Å². The number of fused-ring (bicyclic) bond motifs is 1. The fraction of sp³-hybridized carbons (Fsp3) is 0.240. The molecule has 0 saturated heterocycles. The highest BCUT2D eigenvalue weighted by molar-refractivity contribution is 6.31. The van der Waals surface area contributed by atoms with E-state index in [9.17, 15) is 9.59 Å². The lowest BCUT2D eigenvalue weighted by Gasteiger charge is -2.10. The Balaban J connectivity index is 1.65. The molecule has 4 aromatic rings. The molecular weight excluding hydrogens is 424 g/mol. The number of aryl methyl sites for hydroxylation is 3. The van der Waals surface area contributed by atoms with E-state index in [1.165, 1.54) is 4.68 Å². The molecular formula is C25H25ClN4O2. The quantitative estimate of drug-likeness (QED) is 0.464. The molecule has 2 heterocycles. The number of nitrogens with one attached hydrogen (secondary N) is 1. The van der Waals surface area contributed by atoms with E-state index in [0.29, 0.717) is 17.0 Å². The van der Waals surface area contributed by atoms with Crippen LogP contribution in [-0.2, 0) is 24.3 Å². The van der Waals surface area contributed by atoms with Gasteiger partial charge in [0.25, 0.3) is 5.56 Å². The molecule has 1 amide bonds. The Morgan fingerprint density at radius 3 is 2.44 bits per heavy atom. The van der Waals surface area contributed by atoms with E-state index >= 15 is 0 Å². The zero-order chi connectivity index (χ0) is 22.8. The van der Waals surface area contributed by atoms with Crippen molar-refractivity contribution >= 4 is 34.0 Å². The van der Waals surface area contributed by atoms with Gasteiger partial charge in [-0.2, -0.15) is 5.10 Å². The summed E-state index contributed by atoms with van der Waals surface area (Å²) in [6, 6.07) is 15.3. The van der Waals surface area contributed by atoms with Gasteiger partial charge >= 0.3 is 0 Å². The van der Waals surface area contributed by atoms with Gasteiger partial charge in [0.2, 0.25) is 5.91 Å². The number of rotatable bonds is 6. The zero-order valence-electron chi connectivity index (χ0n) is 18.4. The number of hydrogen-bond donors (Lipinski definition) is 1. The molecule has 0 fully saturated rings. The minimum atomic E-state index is -0.287. The molecule has 7 heteroatoms. The minimum absolute atomic E-state index is 0.152. The van der Waals surface area contributed by atoms with Crippen LogP contribution in [0.3, 0.4) is 0 Å². The SMILES string of the molecule is CCc1ccccc1NC(=O)Cn1ncc2c(C)n(Cc3ccccc3Cl)c(C)c2c1=O. The smallest absolute Gasteiger partial charge is 0.276 e. The minimum Gasteiger partial charge on any atom is -0.343 e. The standard InChI is InChI=1S/C25H25ClN4O2/c1-4-18-9-6-8-12-22(18)28-23(31)15-30-25(32)24-17(3)29(16(2)20(24)13-27-30)14-19-10-5-7-11-21(19)26/h5-13H,4,14-15H2,1-3H3,(H,28,31). The fourth-order valence-electron chi connectivity index (χ4n) is 4.07. The summed E-state index contributed by atoms with van der Waals surface area (Å²) < 4.78 is 3.29. The summed E-state index contributed by atoms with van der Waals surface area (Å²) in [6.45, 7) is 6.31. The number of benzene rings is 2. The predicted molar refractivity (Wildman–Crippen MR) is 128 cm³/mol. The van der Waals surface area contributed by atoms with Crippen molar-refractivity contribution in [2.45, 2.75) is 40.3 Å². The zero-order valence-corrected chi connectivity index (χ0v) is 19.1. The Morgan fingerprint density at radius 1 is 1.03 bits per heavy atom. The lowest BCUT2D eigenvalue weighted by atomic mass is 10.1. The number of para-hydroxylation sites is 1. The summed E-state index contributed by atoms with van der Waals surface area (Å²) in [5.41, 5.74) is 4.26. The monoisotopic (exact) mass is 448 g/mol. The van der Waals surface area contributed by atoms with E-state index in [-0.39, 0.29) is 18.0 Å². The molecule has 4 rings (SSSR count). The van der Waals surface area contributed by atoms with Gasteiger partial charge in [0.1, 0.15) is 6.54 Å². The molecule has 2 aromatic carbocycles. The maximum atomic E-state index is 13.2. The highest BCUT2D eigenvalue weighted by Crippen LogP contribution is 2.25. The lowest BCUT2D eigenvalue weighted by molar-refractivity contribution is -0.117. The summed E-state index contributed by atoms with van der Waals surface area (Å²) in [5, 5.41) is 9.22. The van der Waals surface area contributed by atoms with Crippen LogP contribution in [0, 0.1) is 13.8 Å². The molecule has 0 aliphatic heterocycles. The average Bonchev–Trinajstić information content (AvgIpc) is 3.02. The molecule has 0 aliphatic rings. The molecule has 0 radical (unpaired) electrons. The number of anilines is 1. The maximum absolute atomic E-state index is 13.2. The second-order valence-electron chi connectivity index (χ2n) is 7.80. The van der Waals surface area contributed by atoms with Crippen LogP contribution in [0.1, 0.15) is 29.4 Å². The Labute approximate surface area is 191 Å². The molecule has 32 heavy (non-hydrogen) atoms. The summed E-state index contributed by atoms with van der Waals surface area (Å²) in [4.78, 5) is 25.9. The number of carbonyl (C=O) groups is 1. The van der Waals surface area contributed by atoms with Crippen LogP contribution in [0.25, 0.3) is 10.8 Å². The van der Waals surface area contributed by atoms with Gasteiger partial charge in [-0.1, -0.05) is 54.9 Å².